The smallest absolute Gasteiger partial charge is 0.319 e. The summed E-state index contributed by atoms with van der Waals surface area (Å²) in [5.41, 5.74) is 2.28. The number of nitrogens with zero attached hydrogens (tertiary/aromatic N) is 1. The Hall–Kier alpha value is -2.87. The second-order valence-corrected chi connectivity index (χ2v) is 4.60. The number of rotatable bonds is 3. The Morgan fingerprint density at radius 3 is 2.76 bits per heavy atom. The van der Waals surface area contributed by atoms with E-state index >= 15 is 0 Å². The van der Waals surface area contributed by atoms with Crippen molar-refractivity contribution >= 4 is 11.7 Å². The van der Waals surface area contributed by atoms with Gasteiger partial charge in [0.05, 0.1) is 11.6 Å². The van der Waals surface area contributed by atoms with Gasteiger partial charge in [0, 0.05) is 17.8 Å². The minimum Gasteiger partial charge on any atom is -0.334 e. The molecule has 0 unspecified atom stereocenters. The predicted octanol–water partition coefficient (Wildman–Crippen LogP) is 3.33. The van der Waals surface area contributed by atoms with E-state index in [-0.39, 0.29) is 12.1 Å². The van der Waals surface area contributed by atoms with Crippen molar-refractivity contribution in [1.82, 2.24) is 5.32 Å². The molecule has 2 amide bonds. The van der Waals surface area contributed by atoms with Gasteiger partial charge in [0.2, 0.25) is 0 Å². The predicted molar refractivity (Wildman–Crippen MR) is 78.2 cm³/mol. The molecule has 0 spiro atoms. The highest BCUT2D eigenvalue weighted by atomic mass is 19.1. The molecule has 4 nitrogen and oxygen atoms in total. The van der Waals surface area contributed by atoms with Crippen molar-refractivity contribution in [1.29, 1.82) is 5.26 Å². The first kappa shape index (κ1) is 14.5. The lowest BCUT2D eigenvalue weighted by atomic mass is 10.1. The molecule has 2 aromatic rings. The van der Waals surface area contributed by atoms with Crippen molar-refractivity contribution in [3.05, 3.63) is 65.0 Å². The zero-order valence-corrected chi connectivity index (χ0v) is 11.5. The van der Waals surface area contributed by atoms with Crippen molar-refractivity contribution in [2.24, 2.45) is 0 Å². The summed E-state index contributed by atoms with van der Waals surface area (Å²) in [6.07, 6.45) is 0. The molecular weight excluding hydrogens is 269 g/mol. The fourth-order valence-electron chi connectivity index (χ4n) is 1.83. The van der Waals surface area contributed by atoms with Crippen LogP contribution in [0.25, 0.3) is 0 Å². The van der Waals surface area contributed by atoms with E-state index in [0.717, 1.165) is 11.6 Å². The SMILES string of the molecule is Cc1cccc(NC(=O)NCc2ccc(C#N)cc2F)c1. The van der Waals surface area contributed by atoms with Crippen LogP contribution in [-0.2, 0) is 6.54 Å². The van der Waals surface area contributed by atoms with Gasteiger partial charge in [-0.1, -0.05) is 18.2 Å². The van der Waals surface area contributed by atoms with Crippen molar-refractivity contribution in [3.63, 3.8) is 0 Å². The van der Waals surface area contributed by atoms with Crippen LogP contribution < -0.4 is 10.6 Å². The molecule has 0 atom stereocenters. The van der Waals surface area contributed by atoms with Crippen LogP contribution in [0, 0.1) is 24.1 Å². The van der Waals surface area contributed by atoms with E-state index in [1.807, 2.05) is 31.2 Å². The van der Waals surface area contributed by atoms with Crippen LogP contribution in [0.3, 0.4) is 0 Å². The van der Waals surface area contributed by atoms with Crippen molar-refractivity contribution in [2.45, 2.75) is 13.5 Å². The van der Waals surface area contributed by atoms with Gasteiger partial charge in [-0.05, 0) is 36.8 Å². The Labute approximate surface area is 122 Å². The first-order valence-corrected chi connectivity index (χ1v) is 6.38. The molecule has 2 rings (SSSR count). The van der Waals surface area contributed by atoms with Crippen LogP contribution in [-0.4, -0.2) is 6.03 Å². The van der Waals surface area contributed by atoms with Gasteiger partial charge in [-0.25, -0.2) is 9.18 Å². The fraction of sp³-hybridized carbons (Fsp3) is 0.125. The summed E-state index contributed by atoms with van der Waals surface area (Å²) in [5.74, 6) is -0.509. The van der Waals surface area contributed by atoms with Gasteiger partial charge in [-0.15, -0.1) is 0 Å². The van der Waals surface area contributed by atoms with Crippen LogP contribution in [0.1, 0.15) is 16.7 Å². The largest absolute Gasteiger partial charge is 0.334 e. The monoisotopic (exact) mass is 283 g/mol. The second kappa shape index (κ2) is 6.53. The molecular formula is C16H14FN3O. The molecule has 0 aliphatic carbocycles. The molecule has 0 aliphatic rings. The van der Waals surface area contributed by atoms with E-state index in [1.54, 1.807) is 6.07 Å². The number of nitrogens with one attached hydrogen (secondary N) is 2. The van der Waals surface area contributed by atoms with Gasteiger partial charge < -0.3 is 10.6 Å². The van der Waals surface area contributed by atoms with Gasteiger partial charge in [0.1, 0.15) is 5.82 Å². The van der Waals surface area contributed by atoms with Crippen molar-refractivity contribution in [2.75, 3.05) is 5.32 Å². The Balaban J connectivity index is 1.94. The third-order valence-electron chi connectivity index (χ3n) is 2.90. The summed E-state index contributed by atoms with van der Waals surface area (Å²) in [5, 5.41) is 13.9. The number of amides is 2. The molecule has 0 bridgehead atoms. The molecule has 0 saturated heterocycles. The molecule has 0 aliphatic heterocycles. The van der Waals surface area contributed by atoms with Gasteiger partial charge >= 0.3 is 6.03 Å². The number of benzene rings is 2. The first-order valence-electron chi connectivity index (χ1n) is 6.38. The maximum Gasteiger partial charge on any atom is 0.319 e. The van der Waals surface area contributed by atoms with E-state index in [0.29, 0.717) is 11.3 Å². The van der Waals surface area contributed by atoms with E-state index in [2.05, 4.69) is 10.6 Å². The highest BCUT2D eigenvalue weighted by Gasteiger charge is 2.06. The zero-order chi connectivity index (χ0) is 15.2. The third-order valence-corrected chi connectivity index (χ3v) is 2.90. The topological polar surface area (TPSA) is 64.9 Å². The third kappa shape index (κ3) is 4.05. The minimum atomic E-state index is -0.509. The molecule has 21 heavy (non-hydrogen) atoms. The summed E-state index contributed by atoms with van der Waals surface area (Å²) in [4.78, 5) is 11.7. The lowest BCUT2D eigenvalue weighted by molar-refractivity contribution is 0.251. The van der Waals surface area contributed by atoms with Gasteiger partial charge in [-0.2, -0.15) is 5.26 Å². The zero-order valence-electron chi connectivity index (χ0n) is 11.5. The van der Waals surface area contributed by atoms with E-state index in [9.17, 15) is 9.18 Å². The van der Waals surface area contributed by atoms with Gasteiger partial charge in [0.15, 0.2) is 0 Å². The van der Waals surface area contributed by atoms with E-state index in [4.69, 9.17) is 5.26 Å². The molecule has 0 aromatic heterocycles. The van der Waals surface area contributed by atoms with Crippen LogP contribution in [0.5, 0.6) is 0 Å². The van der Waals surface area contributed by atoms with Crippen molar-refractivity contribution < 1.29 is 9.18 Å². The Kier molecular flexibility index (Phi) is 4.52. The quantitative estimate of drug-likeness (QED) is 0.907. The minimum absolute atomic E-state index is 0.0508. The van der Waals surface area contributed by atoms with E-state index in [1.165, 1.54) is 12.1 Å². The Bertz CT molecular complexity index is 707. The lowest BCUT2D eigenvalue weighted by Gasteiger charge is -2.09. The number of carbonyl (C=O) groups is 1. The van der Waals surface area contributed by atoms with Crippen molar-refractivity contribution in [3.8, 4) is 6.07 Å². The number of hydrogen-bond donors (Lipinski definition) is 2. The number of aryl methyl sites for hydroxylation is 1. The highest BCUT2D eigenvalue weighted by molar-refractivity contribution is 5.89. The standard InChI is InChI=1S/C16H14FN3O/c1-11-3-2-4-14(7-11)20-16(21)19-10-13-6-5-12(9-18)8-15(13)17/h2-8H,10H2,1H3,(H2,19,20,21). The number of urea groups is 1. The Morgan fingerprint density at radius 1 is 1.29 bits per heavy atom. The normalized spacial score (nSPS) is 9.76. The number of hydrogen-bond acceptors (Lipinski definition) is 2. The molecule has 2 aromatic carbocycles. The van der Waals surface area contributed by atoms with Gasteiger partial charge in [0.25, 0.3) is 0 Å². The molecule has 106 valence electrons. The van der Waals surface area contributed by atoms with Gasteiger partial charge in [-0.3, -0.25) is 0 Å². The summed E-state index contributed by atoms with van der Waals surface area (Å²) >= 11 is 0. The Morgan fingerprint density at radius 2 is 2.10 bits per heavy atom. The maximum absolute atomic E-state index is 13.6. The van der Waals surface area contributed by atoms with Crippen LogP contribution >= 0.6 is 0 Å². The molecule has 0 radical (unpaired) electrons. The average molecular weight is 283 g/mol. The summed E-state index contributed by atoms with van der Waals surface area (Å²) in [6.45, 7) is 1.98. The number of anilines is 1. The summed E-state index contributed by atoms with van der Waals surface area (Å²) in [7, 11) is 0. The van der Waals surface area contributed by atoms with E-state index < -0.39 is 11.8 Å². The number of nitriles is 1. The number of halogens is 1. The average Bonchev–Trinajstić information content (AvgIpc) is 2.46. The van der Waals surface area contributed by atoms with Crippen LogP contribution in [0.15, 0.2) is 42.5 Å². The lowest BCUT2D eigenvalue weighted by Crippen LogP contribution is -2.28. The fourth-order valence-corrected chi connectivity index (χ4v) is 1.83. The summed E-state index contributed by atoms with van der Waals surface area (Å²) in [6, 6.07) is 13.0. The first-order chi connectivity index (χ1) is 10.1. The molecule has 2 N–H and O–H groups in total. The summed E-state index contributed by atoms with van der Waals surface area (Å²) < 4.78 is 13.6. The maximum atomic E-state index is 13.6. The molecule has 0 saturated carbocycles. The number of carbonyl (C=O) groups excluding carboxylic acids is 1. The molecule has 0 fully saturated rings. The molecule has 5 heteroatoms. The highest BCUT2D eigenvalue weighted by Crippen LogP contribution is 2.11. The molecule has 0 heterocycles. The van der Waals surface area contributed by atoms with Crippen LogP contribution in [0.4, 0.5) is 14.9 Å². The second-order valence-electron chi connectivity index (χ2n) is 4.60. The van der Waals surface area contributed by atoms with Crippen LogP contribution in [0.2, 0.25) is 0 Å².